The van der Waals surface area contributed by atoms with Crippen LogP contribution in [0.5, 0.6) is 5.75 Å². The summed E-state index contributed by atoms with van der Waals surface area (Å²) in [7, 11) is 1.63. The molecule has 0 saturated heterocycles. The Balaban J connectivity index is 1.56. The molecule has 2 aromatic heterocycles. The number of thioether (sulfide) groups is 1. The minimum atomic E-state index is -0.0808. The summed E-state index contributed by atoms with van der Waals surface area (Å²) in [5, 5.41) is 9.25. The van der Waals surface area contributed by atoms with Crippen LogP contribution >= 0.6 is 23.1 Å². The molecule has 0 unspecified atom stereocenters. The molecule has 8 heteroatoms. The average Bonchev–Trinajstić information content (AvgIpc) is 3.23. The first kappa shape index (κ1) is 18.5. The number of rotatable bonds is 7. The number of hydrogen-bond donors (Lipinski definition) is 1. The fourth-order valence-electron chi connectivity index (χ4n) is 2.42. The maximum absolute atomic E-state index is 12.2. The fourth-order valence-corrected chi connectivity index (χ4v) is 4.12. The highest BCUT2D eigenvalue weighted by Gasteiger charge is 2.13. The predicted octanol–water partition coefficient (Wildman–Crippen LogP) is 4.30. The van der Waals surface area contributed by atoms with Crippen molar-refractivity contribution < 1.29 is 14.1 Å². The lowest BCUT2D eigenvalue weighted by atomic mass is 10.1. The average molecular weight is 390 g/mol. The molecule has 0 atom stereocenters. The molecule has 0 spiro atoms. The smallest absolute Gasteiger partial charge is 0.236 e. The summed E-state index contributed by atoms with van der Waals surface area (Å²) in [5.41, 5.74) is 3.61. The van der Waals surface area contributed by atoms with Crippen LogP contribution in [0.15, 0.2) is 34.2 Å². The van der Waals surface area contributed by atoms with Crippen molar-refractivity contribution in [3.8, 4) is 17.0 Å². The molecular formula is C18H19N3O3S2. The Hall–Kier alpha value is -2.32. The molecule has 0 radical (unpaired) electrons. The Bertz CT molecular complexity index is 885. The van der Waals surface area contributed by atoms with Gasteiger partial charge in [-0.25, -0.2) is 4.98 Å². The minimum absolute atomic E-state index is 0.0808. The molecule has 1 amide bonds. The third-order valence-electron chi connectivity index (χ3n) is 3.79. The Morgan fingerprint density at radius 2 is 2.15 bits per heavy atom. The van der Waals surface area contributed by atoms with Crippen molar-refractivity contribution in [2.24, 2.45) is 0 Å². The van der Waals surface area contributed by atoms with Gasteiger partial charge < -0.3 is 14.6 Å². The summed E-state index contributed by atoms with van der Waals surface area (Å²) in [5.74, 6) is 2.51. The molecule has 3 rings (SSSR count). The molecule has 6 nitrogen and oxygen atoms in total. The van der Waals surface area contributed by atoms with Crippen molar-refractivity contribution >= 4 is 34.1 Å². The van der Waals surface area contributed by atoms with E-state index in [4.69, 9.17) is 9.26 Å². The lowest BCUT2D eigenvalue weighted by molar-refractivity contribution is -0.113. The normalized spacial score (nSPS) is 10.7. The number of anilines is 1. The highest BCUT2D eigenvalue weighted by Crippen LogP contribution is 2.32. The zero-order chi connectivity index (χ0) is 18.5. The third kappa shape index (κ3) is 4.25. The zero-order valence-electron chi connectivity index (χ0n) is 14.7. The number of nitrogens with one attached hydrogen (secondary N) is 1. The van der Waals surface area contributed by atoms with E-state index in [1.807, 2.05) is 43.5 Å². The van der Waals surface area contributed by atoms with Gasteiger partial charge >= 0.3 is 0 Å². The Morgan fingerprint density at radius 3 is 2.88 bits per heavy atom. The SMILES string of the molecule is COc1ccccc1-c1csc(NC(=O)CSCc2c(C)noc2C)n1. The van der Waals surface area contributed by atoms with Crippen LogP contribution < -0.4 is 10.1 Å². The maximum atomic E-state index is 12.2. The molecule has 136 valence electrons. The van der Waals surface area contributed by atoms with Crippen molar-refractivity contribution in [2.75, 3.05) is 18.2 Å². The van der Waals surface area contributed by atoms with Crippen molar-refractivity contribution in [3.05, 3.63) is 46.7 Å². The van der Waals surface area contributed by atoms with Gasteiger partial charge in [-0.2, -0.15) is 0 Å². The van der Waals surface area contributed by atoms with E-state index < -0.39 is 0 Å². The predicted molar refractivity (Wildman–Crippen MR) is 105 cm³/mol. The van der Waals surface area contributed by atoms with E-state index in [9.17, 15) is 4.79 Å². The van der Waals surface area contributed by atoms with Gasteiger partial charge in [-0.3, -0.25) is 4.79 Å². The number of benzene rings is 1. The molecule has 0 bridgehead atoms. The first-order chi connectivity index (χ1) is 12.6. The number of amides is 1. The molecule has 0 aliphatic heterocycles. The summed E-state index contributed by atoms with van der Waals surface area (Å²) in [6.07, 6.45) is 0. The number of methoxy groups -OCH3 is 1. The summed E-state index contributed by atoms with van der Waals surface area (Å²) in [6.45, 7) is 3.78. The maximum Gasteiger partial charge on any atom is 0.236 e. The molecule has 0 aliphatic rings. The largest absolute Gasteiger partial charge is 0.496 e. The van der Waals surface area contributed by atoms with Crippen molar-refractivity contribution in [2.45, 2.75) is 19.6 Å². The Morgan fingerprint density at radius 1 is 1.35 bits per heavy atom. The van der Waals surface area contributed by atoms with Gasteiger partial charge in [0.05, 0.1) is 24.3 Å². The molecular weight excluding hydrogens is 370 g/mol. The van der Waals surface area contributed by atoms with Gasteiger partial charge in [0, 0.05) is 22.3 Å². The van der Waals surface area contributed by atoms with Crippen LogP contribution in [0, 0.1) is 13.8 Å². The van der Waals surface area contributed by atoms with Gasteiger partial charge in [0.2, 0.25) is 5.91 Å². The number of para-hydroxylation sites is 1. The summed E-state index contributed by atoms with van der Waals surface area (Å²) < 4.78 is 10.5. The third-order valence-corrected chi connectivity index (χ3v) is 5.51. The van der Waals surface area contributed by atoms with Gasteiger partial charge in [-0.1, -0.05) is 17.3 Å². The molecule has 0 saturated carbocycles. The highest BCUT2D eigenvalue weighted by molar-refractivity contribution is 7.99. The van der Waals surface area contributed by atoms with E-state index in [0.29, 0.717) is 16.6 Å². The number of hydrogen-bond acceptors (Lipinski definition) is 7. The van der Waals surface area contributed by atoms with Gasteiger partial charge in [-0.05, 0) is 26.0 Å². The van der Waals surface area contributed by atoms with Crippen LogP contribution in [0.1, 0.15) is 17.0 Å². The van der Waals surface area contributed by atoms with Crippen LogP contribution in [0.4, 0.5) is 5.13 Å². The lowest BCUT2D eigenvalue weighted by Crippen LogP contribution is -2.14. The number of carbonyl (C=O) groups is 1. The summed E-state index contributed by atoms with van der Waals surface area (Å²) >= 11 is 2.92. The fraction of sp³-hybridized carbons (Fsp3) is 0.278. The van der Waals surface area contributed by atoms with Gasteiger partial charge in [0.15, 0.2) is 5.13 Å². The summed E-state index contributed by atoms with van der Waals surface area (Å²) in [4.78, 5) is 16.6. The Labute approximate surface area is 160 Å². The lowest BCUT2D eigenvalue weighted by Gasteiger charge is -2.05. The molecule has 0 aliphatic carbocycles. The first-order valence-corrected chi connectivity index (χ1v) is 10.00. The molecule has 2 heterocycles. The summed E-state index contributed by atoms with van der Waals surface area (Å²) in [6, 6.07) is 7.67. The van der Waals surface area contributed by atoms with E-state index in [-0.39, 0.29) is 5.91 Å². The zero-order valence-corrected chi connectivity index (χ0v) is 16.4. The highest BCUT2D eigenvalue weighted by atomic mass is 32.2. The van der Waals surface area contributed by atoms with Crippen molar-refractivity contribution in [1.29, 1.82) is 0 Å². The number of aryl methyl sites for hydroxylation is 2. The number of carbonyl (C=O) groups excluding carboxylic acids is 1. The first-order valence-electron chi connectivity index (χ1n) is 7.96. The number of ether oxygens (including phenoxy) is 1. The van der Waals surface area contributed by atoms with Crippen LogP contribution in [0.25, 0.3) is 11.3 Å². The van der Waals surface area contributed by atoms with E-state index in [0.717, 1.165) is 34.0 Å². The topological polar surface area (TPSA) is 77.2 Å². The quantitative estimate of drug-likeness (QED) is 0.649. The van der Waals surface area contributed by atoms with Crippen molar-refractivity contribution in [3.63, 3.8) is 0 Å². The van der Waals surface area contributed by atoms with Gasteiger partial charge in [0.1, 0.15) is 11.5 Å². The van der Waals surface area contributed by atoms with E-state index >= 15 is 0 Å². The molecule has 26 heavy (non-hydrogen) atoms. The van der Waals surface area contributed by atoms with Crippen LogP contribution in [-0.4, -0.2) is 28.9 Å². The van der Waals surface area contributed by atoms with E-state index in [1.165, 1.54) is 23.1 Å². The van der Waals surface area contributed by atoms with E-state index in [2.05, 4.69) is 15.5 Å². The Kier molecular flexibility index (Phi) is 5.95. The van der Waals surface area contributed by atoms with Gasteiger partial charge in [-0.15, -0.1) is 23.1 Å². The monoisotopic (exact) mass is 389 g/mol. The minimum Gasteiger partial charge on any atom is -0.496 e. The van der Waals surface area contributed by atoms with Crippen LogP contribution in [-0.2, 0) is 10.5 Å². The van der Waals surface area contributed by atoms with Gasteiger partial charge in [0.25, 0.3) is 0 Å². The second-order valence-electron chi connectivity index (χ2n) is 5.58. The van der Waals surface area contributed by atoms with Crippen LogP contribution in [0.3, 0.4) is 0 Å². The number of nitrogens with zero attached hydrogens (tertiary/aromatic N) is 2. The van der Waals surface area contributed by atoms with Crippen molar-refractivity contribution in [1.82, 2.24) is 10.1 Å². The standard InChI is InChI=1S/C18H19N3O3S2/c1-11-14(12(2)24-21-11)8-25-10-17(22)20-18-19-15(9-26-18)13-6-4-5-7-16(13)23-3/h4-7,9H,8,10H2,1-3H3,(H,19,20,22). The number of aromatic nitrogens is 2. The molecule has 3 aromatic rings. The number of thiazole rings is 1. The second kappa shape index (κ2) is 8.37. The second-order valence-corrected chi connectivity index (χ2v) is 7.43. The molecule has 1 aromatic carbocycles. The molecule has 1 N–H and O–H groups in total. The van der Waals surface area contributed by atoms with Crippen LogP contribution in [0.2, 0.25) is 0 Å². The van der Waals surface area contributed by atoms with E-state index in [1.54, 1.807) is 7.11 Å². The molecule has 0 fully saturated rings.